The van der Waals surface area contributed by atoms with Crippen LogP contribution in [0.3, 0.4) is 0 Å². The van der Waals surface area contributed by atoms with Gasteiger partial charge in [-0.15, -0.1) is 0 Å². The Kier molecular flexibility index (Phi) is 7.86. The number of benzene rings is 2. The second-order valence-corrected chi connectivity index (χ2v) is 10.8. The normalized spacial score (nSPS) is 18.9. The first-order chi connectivity index (χ1) is 14.8. The van der Waals surface area contributed by atoms with Gasteiger partial charge in [0.15, 0.2) is 9.84 Å². The SMILES string of the molecule is CC(C)c1ccc(CN(CC(O)COc2ccc(C=O)cc2)C2CCS(=O)(=O)C2)cc1. The zero-order chi connectivity index (χ0) is 22.4. The van der Waals surface area contributed by atoms with Crippen molar-refractivity contribution in [1.29, 1.82) is 0 Å². The molecular weight excluding hydrogens is 414 g/mol. The van der Waals surface area contributed by atoms with E-state index in [2.05, 4.69) is 43.0 Å². The quantitative estimate of drug-likeness (QED) is 0.566. The Morgan fingerprint density at radius 2 is 1.81 bits per heavy atom. The Labute approximate surface area is 184 Å². The van der Waals surface area contributed by atoms with Crippen LogP contribution in [-0.2, 0) is 16.4 Å². The summed E-state index contributed by atoms with van der Waals surface area (Å²) in [5.41, 5.74) is 2.91. The summed E-state index contributed by atoms with van der Waals surface area (Å²) in [7, 11) is -3.03. The zero-order valence-electron chi connectivity index (χ0n) is 18.1. The number of ether oxygens (including phenoxy) is 1. The number of nitrogens with zero attached hydrogens (tertiary/aromatic N) is 1. The van der Waals surface area contributed by atoms with E-state index in [1.807, 2.05) is 0 Å². The van der Waals surface area contributed by atoms with E-state index in [1.165, 1.54) is 5.56 Å². The van der Waals surface area contributed by atoms with Crippen LogP contribution in [0, 0.1) is 0 Å². The molecule has 3 rings (SSSR count). The lowest BCUT2D eigenvalue weighted by Gasteiger charge is -2.30. The third-order valence-electron chi connectivity index (χ3n) is 5.66. The van der Waals surface area contributed by atoms with E-state index < -0.39 is 15.9 Å². The fraction of sp³-hybridized carbons (Fsp3) is 0.458. The minimum Gasteiger partial charge on any atom is -0.491 e. The van der Waals surface area contributed by atoms with Crippen LogP contribution in [0.5, 0.6) is 5.75 Å². The molecule has 1 aliphatic heterocycles. The average molecular weight is 446 g/mol. The lowest BCUT2D eigenvalue weighted by molar-refractivity contribution is 0.0524. The molecule has 0 bridgehead atoms. The highest BCUT2D eigenvalue weighted by Crippen LogP contribution is 2.22. The minimum absolute atomic E-state index is 0.0860. The predicted molar refractivity (Wildman–Crippen MR) is 121 cm³/mol. The molecule has 0 saturated carbocycles. The van der Waals surface area contributed by atoms with E-state index in [1.54, 1.807) is 24.3 Å². The van der Waals surface area contributed by atoms with Crippen molar-refractivity contribution in [3.63, 3.8) is 0 Å². The first-order valence-corrected chi connectivity index (χ1v) is 12.5. The summed E-state index contributed by atoms with van der Waals surface area (Å²) >= 11 is 0. The molecule has 2 aromatic carbocycles. The maximum Gasteiger partial charge on any atom is 0.151 e. The van der Waals surface area contributed by atoms with Gasteiger partial charge >= 0.3 is 0 Å². The third kappa shape index (κ3) is 6.89. The second-order valence-electron chi connectivity index (χ2n) is 8.53. The van der Waals surface area contributed by atoms with Crippen LogP contribution in [-0.4, -0.2) is 61.5 Å². The van der Waals surface area contributed by atoms with E-state index >= 15 is 0 Å². The van der Waals surface area contributed by atoms with E-state index in [0.717, 1.165) is 11.8 Å². The van der Waals surface area contributed by atoms with Gasteiger partial charge in [0.25, 0.3) is 0 Å². The summed E-state index contributed by atoms with van der Waals surface area (Å²) in [6, 6.07) is 14.9. The topological polar surface area (TPSA) is 83.9 Å². The largest absolute Gasteiger partial charge is 0.491 e. The molecule has 31 heavy (non-hydrogen) atoms. The van der Waals surface area contributed by atoms with Crippen LogP contribution in [0.1, 0.15) is 47.7 Å². The molecule has 7 heteroatoms. The lowest BCUT2D eigenvalue weighted by atomic mass is 10.0. The van der Waals surface area contributed by atoms with Crippen molar-refractivity contribution in [3.05, 3.63) is 65.2 Å². The van der Waals surface area contributed by atoms with Gasteiger partial charge in [0.1, 0.15) is 24.7 Å². The van der Waals surface area contributed by atoms with Crippen LogP contribution in [0.25, 0.3) is 0 Å². The third-order valence-corrected chi connectivity index (χ3v) is 7.41. The Bertz CT molecular complexity index is 954. The van der Waals surface area contributed by atoms with Crippen molar-refractivity contribution in [2.45, 2.75) is 44.9 Å². The summed E-state index contributed by atoms with van der Waals surface area (Å²) < 4.78 is 29.7. The maximum absolute atomic E-state index is 12.0. The molecule has 2 atom stereocenters. The summed E-state index contributed by atoms with van der Waals surface area (Å²) in [4.78, 5) is 12.8. The van der Waals surface area contributed by atoms with Gasteiger partial charge in [-0.3, -0.25) is 9.69 Å². The van der Waals surface area contributed by atoms with Crippen LogP contribution >= 0.6 is 0 Å². The van der Waals surface area contributed by atoms with E-state index in [-0.39, 0.29) is 24.2 Å². The molecule has 168 valence electrons. The van der Waals surface area contributed by atoms with Crippen molar-refractivity contribution in [2.24, 2.45) is 0 Å². The standard InChI is InChI=1S/C24H31NO5S/c1-18(2)21-7-3-19(4-8-21)13-25(22-11-12-31(28,29)17-22)14-23(27)16-30-24-9-5-20(15-26)6-10-24/h3-10,15,18,22-23,27H,11-14,16-17H2,1-2H3. The molecule has 0 aromatic heterocycles. The molecule has 1 aliphatic rings. The number of carbonyl (C=O) groups excluding carboxylic acids is 1. The van der Waals surface area contributed by atoms with Gasteiger partial charge < -0.3 is 9.84 Å². The average Bonchev–Trinajstić information content (AvgIpc) is 3.12. The van der Waals surface area contributed by atoms with Crippen LogP contribution in [0.2, 0.25) is 0 Å². The summed E-state index contributed by atoms with van der Waals surface area (Å²) in [6.07, 6.45) is 0.566. The Morgan fingerprint density at radius 1 is 1.13 bits per heavy atom. The first kappa shape index (κ1) is 23.4. The molecule has 0 amide bonds. The van der Waals surface area contributed by atoms with Gasteiger partial charge in [-0.25, -0.2) is 8.42 Å². The number of hydrogen-bond acceptors (Lipinski definition) is 6. The highest BCUT2D eigenvalue weighted by molar-refractivity contribution is 7.91. The highest BCUT2D eigenvalue weighted by atomic mass is 32.2. The van der Waals surface area contributed by atoms with Gasteiger partial charge in [0, 0.05) is 24.7 Å². The van der Waals surface area contributed by atoms with Crippen molar-refractivity contribution < 1.29 is 23.1 Å². The summed E-state index contributed by atoms with van der Waals surface area (Å²) in [5.74, 6) is 1.34. The van der Waals surface area contributed by atoms with Gasteiger partial charge in [-0.1, -0.05) is 38.1 Å². The van der Waals surface area contributed by atoms with Crippen LogP contribution in [0.4, 0.5) is 0 Å². The van der Waals surface area contributed by atoms with Crippen LogP contribution < -0.4 is 4.74 Å². The molecule has 2 unspecified atom stereocenters. The van der Waals surface area contributed by atoms with E-state index in [9.17, 15) is 18.3 Å². The number of aliphatic hydroxyl groups is 1. The number of hydrogen-bond donors (Lipinski definition) is 1. The molecule has 2 aromatic rings. The predicted octanol–water partition coefficient (Wildman–Crippen LogP) is 3.05. The second kappa shape index (κ2) is 10.4. The smallest absolute Gasteiger partial charge is 0.151 e. The Balaban J connectivity index is 1.64. The van der Waals surface area contributed by atoms with Crippen molar-refractivity contribution in [3.8, 4) is 5.75 Å². The van der Waals surface area contributed by atoms with Gasteiger partial charge in [-0.05, 0) is 47.7 Å². The molecular formula is C24H31NO5S. The number of aliphatic hydroxyl groups excluding tert-OH is 1. The molecule has 0 aliphatic carbocycles. The maximum atomic E-state index is 12.0. The fourth-order valence-electron chi connectivity index (χ4n) is 3.81. The van der Waals surface area contributed by atoms with Gasteiger partial charge in [0.05, 0.1) is 11.5 Å². The fourth-order valence-corrected chi connectivity index (χ4v) is 5.57. The lowest BCUT2D eigenvalue weighted by Crippen LogP contribution is -2.42. The molecule has 1 fully saturated rings. The molecule has 0 radical (unpaired) electrons. The number of carbonyl (C=O) groups is 1. The number of aldehydes is 1. The van der Waals surface area contributed by atoms with Crippen molar-refractivity contribution in [1.82, 2.24) is 4.90 Å². The molecule has 1 saturated heterocycles. The first-order valence-electron chi connectivity index (χ1n) is 10.6. The monoisotopic (exact) mass is 445 g/mol. The highest BCUT2D eigenvalue weighted by Gasteiger charge is 2.33. The minimum atomic E-state index is -3.03. The van der Waals surface area contributed by atoms with E-state index in [4.69, 9.17) is 4.74 Å². The number of sulfone groups is 1. The molecule has 6 nitrogen and oxygen atoms in total. The van der Waals surface area contributed by atoms with Crippen molar-refractivity contribution in [2.75, 3.05) is 24.7 Å². The van der Waals surface area contributed by atoms with Gasteiger partial charge in [0.2, 0.25) is 0 Å². The molecule has 1 N–H and O–H groups in total. The molecule has 1 heterocycles. The zero-order valence-corrected chi connectivity index (χ0v) is 18.9. The van der Waals surface area contributed by atoms with Gasteiger partial charge in [-0.2, -0.15) is 0 Å². The summed E-state index contributed by atoms with van der Waals surface area (Å²) in [5, 5.41) is 10.6. The molecule has 0 spiro atoms. The number of rotatable bonds is 10. The van der Waals surface area contributed by atoms with E-state index in [0.29, 0.717) is 36.7 Å². The van der Waals surface area contributed by atoms with Crippen LogP contribution in [0.15, 0.2) is 48.5 Å². The van der Waals surface area contributed by atoms with Crippen molar-refractivity contribution >= 4 is 16.1 Å². The Hall–Kier alpha value is -2.22. The summed E-state index contributed by atoms with van der Waals surface area (Å²) in [6.45, 7) is 5.27. The Morgan fingerprint density at radius 3 is 2.35 bits per heavy atom.